The molecule has 2 atom stereocenters. The Balaban J connectivity index is 1.76. The molecule has 0 heterocycles. The first-order chi connectivity index (χ1) is 14.8. The number of carbonyl (C=O) groups is 2. The maximum Gasteiger partial charge on any atom is 0.317 e. The molecule has 0 spiro atoms. The predicted octanol–water partition coefficient (Wildman–Crippen LogP) is 3.08. The van der Waals surface area contributed by atoms with E-state index in [9.17, 15) is 22.6 Å². The van der Waals surface area contributed by atoms with Crippen LogP contribution in [-0.2, 0) is 15.8 Å². The van der Waals surface area contributed by atoms with Crippen molar-refractivity contribution in [2.24, 2.45) is 5.92 Å². The fourth-order valence-corrected chi connectivity index (χ4v) is 4.11. The van der Waals surface area contributed by atoms with E-state index < -0.39 is 28.7 Å². The molecule has 0 bridgehead atoms. The van der Waals surface area contributed by atoms with Crippen LogP contribution in [-0.4, -0.2) is 53.9 Å². The first kappa shape index (κ1) is 25.2. The topological polar surface area (TPSA) is 87.7 Å². The average Bonchev–Trinajstić information content (AvgIpc) is 3.57. The van der Waals surface area contributed by atoms with Gasteiger partial charge in [-0.05, 0) is 56.2 Å². The first-order valence-corrected chi connectivity index (χ1v) is 11.8. The molecule has 1 aromatic rings. The van der Waals surface area contributed by atoms with Crippen molar-refractivity contribution in [3.05, 3.63) is 29.3 Å². The molecule has 2 amide bonds. The molecule has 2 unspecified atom stereocenters. The summed E-state index contributed by atoms with van der Waals surface area (Å²) in [6.07, 6.45) is 4.83. The minimum Gasteiger partial charge on any atom is -0.490 e. The Morgan fingerprint density at radius 2 is 2.06 bits per heavy atom. The summed E-state index contributed by atoms with van der Waals surface area (Å²) in [4.78, 5) is 23.7. The van der Waals surface area contributed by atoms with E-state index in [1.54, 1.807) is 6.92 Å². The number of ether oxygens (including phenoxy) is 1. The molecular weight excluding hydrogens is 428 g/mol. The number of rotatable bonds is 14. The third-order valence-electron chi connectivity index (χ3n) is 5.05. The lowest BCUT2D eigenvalue weighted by molar-refractivity contribution is -0.108. The minimum atomic E-state index is -1.35. The fourth-order valence-electron chi connectivity index (χ4n) is 2.99. The summed E-state index contributed by atoms with van der Waals surface area (Å²) in [5.41, 5.74) is 0.466. The van der Waals surface area contributed by atoms with Gasteiger partial charge in [0.05, 0.1) is 24.1 Å². The molecular formula is C21H31F2N3O4S. The summed E-state index contributed by atoms with van der Waals surface area (Å²) in [5.74, 6) is -1.31. The molecule has 0 aliphatic heterocycles. The van der Waals surface area contributed by atoms with Gasteiger partial charge in [-0.3, -0.25) is 0 Å². The predicted molar refractivity (Wildman–Crippen MR) is 115 cm³/mol. The quantitative estimate of drug-likeness (QED) is 0.331. The number of halogens is 2. The summed E-state index contributed by atoms with van der Waals surface area (Å²) in [6, 6.07) is 1.79. The van der Waals surface area contributed by atoms with Gasteiger partial charge >= 0.3 is 6.03 Å². The Hall–Kier alpha value is -2.07. The molecule has 7 nitrogen and oxygen atoms in total. The molecule has 1 saturated carbocycles. The van der Waals surface area contributed by atoms with Gasteiger partial charge in [0.2, 0.25) is 5.82 Å². The molecule has 174 valence electrons. The van der Waals surface area contributed by atoms with E-state index in [-0.39, 0.29) is 18.3 Å². The lowest BCUT2D eigenvalue weighted by Gasteiger charge is -2.19. The number of nitrogens with zero attached hydrogens (tertiary/aromatic N) is 1. The smallest absolute Gasteiger partial charge is 0.317 e. The summed E-state index contributed by atoms with van der Waals surface area (Å²) >= 11 is 0. The van der Waals surface area contributed by atoms with Gasteiger partial charge in [0, 0.05) is 25.4 Å². The van der Waals surface area contributed by atoms with Gasteiger partial charge in [0.25, 0.3) is 0 Å². The van der Waals surface area contributed by atoms with Crippen molar-refractivity contribution >= 4 is 23.3 Å². The van der Waals surface area contributed by atoms with E-state index >= 15 is 0 Å². The highest BCUT2D eigenvalue weighted by Crippen LogP contribution is 2.31. The van der Waals surface area contributed by atoms with E-state index in [2.05, 4.69) is 10.0 Å². The lowest BCUT2D eigenvalue weighted by Crippen LogP contribution is -2.39. The zero-order valence-electron chi connectivity index (χ0n) is 18.0. The molecule has 1 fully saturated rings. The number of benzene rings is 1. The number of nitrogens with one attached hydrogen (secondary N) is 2. The average molecular weight is 460 g/mol. The van der Waals surface area contributed by atoms with Crippen LogP contribution in [0.2, 0.25) is 0 Å². The van der Waals surface area contributed by atoms with Crippen LogP contribution in [0.5, 0.6) is 5.75 Å². The van der Waals surface area contributed by atoms with Gasteiger partial charge < -0.3 is 19.7 Å². The van der Waals surface area contributed by atoms with E-state index in [0.29, 0.717) is 49.5 Å². The molecule has 0 radical (unpaired) electrons. The Labute approximate surface area is 184 Å². The van der Waals surface area contributed by atoms with Crippen LogP contribution in [0.3, 0.4) is 0 Å². The molecule has 1 aromatic carbocycles. The number of hydrogen-bond acceptors (Lipinski definition) is 4. The van der Waals surface area contributed by atoms with Gasteiger partial charge in [0.15, 0.2) is 11.6 Å². The summed E-state index contributed by atoms with van der Waals surface area (Å²) in [7, 11) is 0.151. The normalized spacial score (nSPS) is 15.2. The van der Waals surface area contributed by atoms with Crippen LogP contribution in [0, 0.1) is 17.6 Å². The first-order valence-electron chi connectivity index (χ1n) is 10.5. The maximum atomic E-state index is 14.0. The summed E-state index contributed by atoms with van der Waals surface area (Å²) in [6.45, 7) is 2.58. The third-order valence-corrected chi connectivity index (χ3v) is 6.33. The molecule has 0 saturated heterocycles. The second kappa shape index (κ2) is 12.7. The minimum absolute atomic E-state index is 0.0330. The molecule has 1 aliphatic rings. The lowest BCUT2D eigenvalue weighted by atomic mass is 10.1. The van der Waals surface area contributed by atoms with Crippen molar-refractivity contribution in [2.75, 3.05) is 32.5 Å². The second-order valence-electron chi connectivity index (χ2n) is 7.69. The molecule has 10 heteroatoms. The largest absolute Gasteiger partial charge is 0.490 e. The van der Waals surface area contributed by atoms with Crippen LogP contribution in [0.15, 0.2) is 12.1 Å². The molecule has 0 aromatic heterocycles. The van der Waals surface area contributed by atoms with Crippen molar-refractivity contribution in [1.82, 2.24) is 14.9 Å². The SMILES string of the molecule is CNC(=O)N(CC=O)CCCCCS(=O)NC(C)c1cc(F)c(F)c(OCC2CC2)c1. The highest BCUT2D eigenvalue weighted by Gasteiger charge is 2.24. The molecule has 2 rings (SSSR count). The Bertz CT molecular complexity index is 777. The number of urea groups is 1. The van der Waals surface area contributed by atoms with Gasteiger partial charge in [-0.25, -0.2) is 18.1 Å². The Morgan fingerprint density at radius 3 is 2.71 bits per heavy atom. The highest BCUT2D eigenvalue weighted by atomic mass is 32.2. The highest BCUT2D eigenvalue weighted by molar-refractivity contribution is 7.83. The number of hydrogen-bond donors (Lipinski definition) is 2. The van der Waals surface area contributed by atoms with Crippen LogP contribution < -0.4 is 14.8 Å². The standard InChI is InChI=1S/C21H31F2N3O4S/c1-15(17-12-18(22)20(23)19(13-17)30-14-16-6-7-16)25-31(29)11-5-3-4-8-26(9-10-27)21(28)24-2/h10,12-13,15-16,25H,3-9,11,14H2,1-2H3,(H,24,28). The van der Waals surface area contributed by atoms with Crippen molar-refractivity contribution in [2.45, 2.75) is 45.1 Å². The zero-order valence-corrected chi connectivity index (χ0v) is 18.8. The number of unbranched alkanes of at least 4 members (excludes halogenated alkanes) is 2. The fraction of sp³-hybridized carbons (Fsp3) is 0.619. The summed E-state index contributed by atoms with van der Waals surface area (Å²) < 4.78 is 48.6. The number of carbonyl (C=O) groups excluding carboxylic acids is 2. The van der Waals surface area contributed by atoms with Gasteiger partial charge in [-0.2, -0.15) is 4.39 Å². The van der Waals surface area contributed by atoms with Crippen LogP contribution >= 0.6 is 0 Å². The van der Waals surface area contributed by atoms with Crippen molar-refractivity contribution in [1.29, 1.82) is 0 Å². The van der Waals surface area contributed by atoms with Gasteiger partial charge in [0.1, 0.15) is 6.29 Å². The van der Waals surface area contributed by atoms with Crippen LogP contribution in [0.4, 0.5) is 13.6 Å². The van der Waals surface area contributed by atoms with E-state index in [0.717, 1.165) is 25.3 Å². The van der Waals surface area contributed by atoms with Gasteiger partial charge in [-0.15, -0.1) is 0 Å². The summed E-state index contributed by atoms with van der Waals surface area (Å²) in [5, 5.41) is 2.48. The molecule has 1 aliphatic carbocycles. The molecule has 2 N–H and O–H groups in total. The number of aldehydes is 1. The van der Waals surface area contributed by atoms with Gasteiger partial charge in [-0.1, -0.05) is 6.42 Å². The van der Waals surface area contributed by atoms with Crippen molar-refractivity contribution in [3.8, 4) is 5.75 Å². The number of amides is 2. The third kappa shape index (κ3) is 8.53. The molecule has 31 heavy (non-hydrogen) atoms. The monoisotopic (exact) mass is 459 g/mol. The van der Waals surface area contributed by atoms with E-state index in [4.69, 9.17) is 4.74 Å². The van der Waals surface area contributed by atoms with E-state index in [1.807, 2.05) is 0 Å². The Morgan fingerprint density at radius 1 is 1.32 bits per heavy atom. The Kier molecular flexibility index (Phi) is 10.3. The zero-order chi connectivity index (χ0) is 22.8. The second-order valence-corrected chi connectivity index (χ2v) is 9.02. The van der Waals surface area contributed by atoms with Crippen LogP contribution in [0.1, 0.15) is 50.6 Å². The van der Waals surface area contributed by atoms with E-state index in [1.165, 1.54) is 18.0 Å². The van der Waals surface area contributed by atoms with Crippen LogP contribution in [0.25, 0.3) is 0 Å². The van der Waals surface area contributed by atoms with Crippen molar-refractivity contribution < 1.29 is 27.3 Å². The van der Waals surface area contributed by atoms with Crippen molar-refractivity contribution in [3.63, 3.8) is 0 Å². The maximum absolute atomic E-state index is 14.0.